The Morgan fingerprint density at radius 2 is 2.00 bits per heavy atom. The van der Waals surface area contributed by atoms with Crippen molar-refractivity contribution in [1.82, 2.24) is 14.8 Å². The fraction of sp³-hybridized carbons (Fsp3) is 0.125. The smallest absolute Gasteiger partial charge is 0.126 e. The summed E-state index contributed by atoms with van der Waals surface area (Å²) >= 11 is 3.39. The number of nitrogens with one attached hydrogen (secondary N) is 1. The topological polar surface area (TPSA) is 42.7 Å². The van der Waals surface area contributed by atoms with Crippen LogP contribution in [0.1, 0.15) is 18.5 Å². The molecular formula is C16H15BrN4. The predicted molar refractivity (Wildman–Crippen MR) is 87.5 cm³/mol. The summed E-state index contributed by atoms with van der Waals surface area (Å²) in [5.74, 6) is 0.848. The standard InChI is InChI=1S/C16H15BrN4/c1-12(20-16-8-7-13(17)11-18-16)14-5-2-3-6-15(14)21-10-4-9-19-21/h2-12H,1H3,(H,18,20). The van der Waals surface area contributed by atoms with Crippen LogP contribution in [0, 0.1) is 0 Å². The van der Waals surface area contributed by atoms with Crippen LogP contribution in [0.3, 0.4) is 0 Å². The third-order valence-corrected chi connectivity index (χ3v) is 3.72. The van der Waals surface area contributed by atoms with Crippen LogP contribution >= 0.6 is 15.9 Å². The molecule has 1 atom stereocenters. The highest BCUT2D eigenvalue weighted by Gasteiger charge is 2.12. The fourth-order valence-corrected chi connectivity index (χ4v) is 2.47. The highest BCUT2D eigenvalue weighted by molar-refractivity contribution is 9.10. The largest absolute Gasteiger partial charge is 0.363 e. The van der Waals surface area contributed by atoms with Crippen molar-refractivity contribution in [3.05, 3.63) is 71.1 Å². The number of rotatable bonds is 4. The second-order valence-corrected chi connectivity index (χ2v) is 5.65. The van der Waals surface area contributed by atoms with Crippen molar-refractivity contribution in [3.63, 3.8) is 0 Å². The minimum absolute atomic E-state index is 0.124. The Bertz CT molecular complexity index is 707. The number of halogens is 1. The first-order chi connectivity index (χ1) is 10.2. The number of para-hydroxylation sites is 1. The number of anilines is 1. The molecule has 0 bridgehead atoms. The van der Waals surface area contributed by atoms with Crippen LogP contribution in [0.25, 0.3) is 5.69 Å². The van der Waals surface area contributed by atoms with Crippen molar-refractivity contribution in [2.45, 2.75) is 13.0 Å². The van der Waals surface area contributed by atoms with Gasteiger partial charge in [-0.05, 0) is 52.7 Å². The third-order valence-electron chi connectivity index (χ3n) is 3.25. The van der Waals surface area contributed by atoms with Crippen LogP contribution in [0.15, 0.2) is 65.5 Å². The Balaban J connectivity index is 1.88. The summed E-state index contributed by atoms with van der Waals surface area (Å²) < 4.78 is 2.85. The van der Waals surface area contributed by atoms with Gasteiger partial charge in [-0.2, -0.15) is 5.10 Å². The molecular weight excluding hydrogens is 328 g/mol. The molecule has 4 nitrogen and oxygen atoms in total. The van der Waals surface area contributed by atoms with Crippen molar-refractivity contribution < 1.29 is 0 Å². The number of nitrogens with zero attached hydrogens (tertiary/aromatic N) is 3. The zero-order valence-corrected chi connectivity index (χ0v) is 13.2. The van der Waals surface area contributed by atoms with E-state index in [1.54, 1.807) is 12.4 Å². The summed E-state index contributed by atoms with van der Waals surface area (Å²) in [6, 6.07) is 14.2. The van der Waals surface area contributed by atoms with Crippen LogP contribution in [0.4, 0.5) is 5.82 Å². The summed E-state index contributed by atoms with van der Waals surface area (Å²) in [6.07, 6.45) is 5.52. The molecule has 0 saturated heterocycles. The first-order valence-corrected chi connectivity index (χ1v) is 7.50. The van der Waals surface area contributed by atoms with Crippen LogP contribution in [-0.2, 0) is 0 Å². The molecule has 0 amide bonds. The van der Waals surface area contributed by atoms with Crippen LogP contribution in [0.2, 0.25) is 0 Å². The lowest BCUT2D eigenvalue weighted by atomic mass is 10.1. The molecule has 0 fully saturated rings. The first kappa shape index (κ1) is 13.8. The van der Waals surface area contributed by atoms with E-state index in [-0.39, 0.29) is 6.04 Å². The van der Waals surface area contributed by atoms with Gasteiger partial charge in [-0.1, -0.05) is 18.2 Å². The molecule has 0 aliphatic heterocycles. The lowest BCUT2D eigenvalue weighted by Gasteiger charge is -2.18. The van der Waals surface area contributed by atoms with Crippen LogP contribution in [0.5, 0.6) is 0 Å². The second-order valence-electron chi connectivity index (χ2n) is 4.74. The molecule has 0 spiro atoms. The molecule has 106 valence electrons. The van der Waals surface area contributed by atoms with E-state index in [0.29, 0.717) is 0 Å². The first-order valence-electron chi connectivity index (χ1n) is 6.71. The summed E-state index contributed by atoms with van der Waals surface area (Å²) in [4.78, 5) is 4.36. The number of pyridine rings is 1. The van der Waals surface area contributed by atoms with E-state index >= 15 is 0 Å². The fourth-order valence-electron chi connectivity index (χ4n) is 2.23. The van der Waals surface area contributed by atoms with Gasteiger partial charge in [0.1, 0.15) is 5.82 Å². The lowest BCUT2D eigenvalue weighted by molar-refractivity contribution is 0.814. The van der Waals surface area contributed by atoms with Crippen molar-refractivity contribution in [2.75, 3.05) is 5.32 Å². The average molecular weight is 343 g/mol. The third kappa shape index (κ3) is 3.13. The van der Waals surface area contributed by atoms with E-state index in [0.717, 1.165) is 16.0 Å². The summed E-state index contributed by atoms with van der Waals surface area (Å²) in [6.45, 7) is 2.12. The van der Waals surface area contributed by atoms with Gasteiger partial charge in [0.15, 0.2) is 0 Å². The molecule has 1 unspecified atom stereocenters. The minimum atomic E-state index is 0.124. The molecule has 0 radical (unpaired) electrons. The molecule has 2 heterocycles. The van der Waals surface area contributed by atoms with Gasteiger partial charge in [-0.3, -0.25) is 0 Å². The van der Waals surface area contributed by atoms with Crippen LogP contribution < -0.4 is 5.32 Å². The van der Waals surface area contributed by atoms with E-state index in [1.165, 1.54) is 5.56 Å². The SMILES string of the molecule is CC(Nc1ccc(Br)cn1)c1ccccc1-n1cccn1. The van der Waals surface area contributed by atoms with E-state index in [2.05, 4.69) is 50.4 Å². The Hall–Kier alpha value is -2.14. The van der Waals surface area contributed by atoms with Gasteiger partial charge in [0.05, 0.1) is 11.7 Å². The molecule has 1 aromatic carbocycles. The van der Waals surface area contributed by atoms with Crippen molar-refractivity contribution >= 4 is 21.7 Å². The Morgan fingerprint density at radius 3 is 2.71 bits per heavy atom. The zero-order chi connectivity index (χ0) is 14.7. The molecule has 1 N–H and O–H groups in total. The van der Waals surface area contributed by atoms with Gasteiger partial charge in [0.2, 0.25) is 0 Å². The maximum absolute atomic E-state index is 4.36. The number of aromatic nitrogens is 3. The Morgan fingerprint density at radius 1 is 1.14 bits per heavy atom. The monoisotopic (exact) mass is 342 g/mol. The van der Waals surface area contributed by atoms with Crippen molar-refractivity contribution in [3.8, 4) is 5.69 Å². The lowest BCUT2D eigenvalue weighted by Crippen LogP contribution is -2.11. The Labute approximate surface area is 132 Å². The summed E-state index contributed by atoms with van der Waals surface area (Å²) in [5, 5.41) is 7.73. The second kappa shape index (κ2) is 6.10. The average Bonchev–Trinajstić information content (AvgIpc) is 3.04. The maximum atomic E-state index is 4.36. The Kier molecular flexibility index (Phi) is 4.01. The van der Waals surface area contributed by atoms with E-state index in [9.17, 15) is 0 Å². The number of benzene rings is 1. The number of hydrogen-bond donors (Lipinski definition) is 1. The van der Waals surface area contributed by atoms with Gasteiger partial charge in [-0.15, -0.1) is 0 Å². The van der Waals surface area contributed by atoms with E-state index in [1.807, 2.05) is 41.2 Å². The molecule has 0 aliphatic rings. The predicted octanol–water partition coefficient (Wildman–Crippen LogP) is 4.20. The minimum Gasteiger partial charge on any atom is -0.363 e. The molecule has 21 heavy (non-hydrogen) atoms. The van der Waals surface area contributed by atoms with Crippen molar-refractivity contribution in [1.29, 1.82) is 0 Å². The van der Waals surface area contributed by atoms with Gasteiger partial charge in [0.25, 0.3) is 0 Å². The zero-order valence-electron chi connectivity index (χ0n) is 11.6. The van der Waals surface area contributed by atoms with E-state index in [4.69, 9.17) is 0 Å². The normalized spacial score (nSPS) is 12.1. The van der Waals surface area contributed by atoms with Crippen LogP contribution in [-0.4, -0.2) is 14.8 Å². The van der Waals surface area contributed by atoms with E-state index < -0.39 is 0 Å². The summed E-state index contributed by atoms with van der Waals surface area (Å²) in [5.41, 5.74) is 2.24. The van der Waals surface area contributed by atoms with Gasteiger partial charge < -0.3 is 5.32 Å². The molecule has 3 rings (SSSR count). The van der Waals surface area contributed by atoms with Gasteiger partial charge in [-0.25, -0.2) is 9.67 Å². The molecule has 5 heteroatoms. The number of hydrogen-bond acceptors (Lipinski definition) is 3. The van der Waals surface area contributed by atoms with Crippen molar-refractivity contribution in [2.24, 2.45) is 0 Å². The highest BCUT2D eigenvalue weighted by Crippen LogP contribution is 2.24. The highest BCUT2D eigenvalue weighted by atomic mass is 79.9. The maximum Gasteiger partial charge on any atom is 0.126 e. The molecule has 2 aromatic heterocycles. The summed E-state index contributed by atoms with van der Waals surface area (Å²) in [7, 11) is 0. The molecule has 0 saturated carbocycles. The molecule has 3 aromatic rings. The molecule has 0 aliphatic carbocycles. The van der Waals surface area contributed by atoms with Gasteiger partial charge >= 0.3 is 0 Å². The quantitative estimate of drug-likeness (QED) is 0.772. The van der Waals surface area contributed by atoms with Gasteiger partial charge in [0, 0.05) is 23.1 Å².